The Morgan fingerprint density at radius 3 is 2.36 bits per heavy atom. The van der Waals surface area contributed by atoms with Gasteiger partial charge in [-0.3, -0.25) is 0 Å². The molecule has 25 heavy (non-hydrogen) atoms. The second-order valence-corrected chi connectivity index (χ2v) is 6.05. The maximum Gasteiger partial charge on any atom is 0.155 e. The molecule has 2 heterocycles. The highest BCUT2D eigenvalue weighted by Gasteiger charge is 2.19. The van der Waals surface area contributed by atoms with E-state index in [2.05, 4.69) is 69.1 Å². The zero-order chi connectivity index (χ0) is 17.2. The van der Waals surface area contributed by atoms with E-state index in [9.17, 15) is 0 Å². The molecule has 5 nitrogen and oxygen atoms in total. The highest BCUT2D eigenvalue weighted by atomic mass is 15.3. The van der Waals surface area contributed by atoms with Crippen molar-refractivity contribution in [2.24, 2.45) is 7.05 Å². The van der Waals surface area contributed by atoms with Gasteiger partial charge >= 0.3 is 0 Å². The third-order valence-electron chi connectivity index (χ3n) is 4.46. The minimum atomic E-state index is 0.0360. The average molecular weight is 329 g/mol. The van der Waals surface area contributed by atoms with Gasteiger partial charge < -0.3 is 9.13 Å². The van der Waals surface area contributed by atoms with E-state index in [1.807, 2.05) is 36.1 Å². The van der Waals surface area contributed by atoms with Crippen LogP contribution in [0.25, 0.3) is 22.5 Å². The van der Waals surface area contributed by atoms with Crippen molar-refractivity contribution in [3.63, 3.8) is 0 Å². The minimum Gasteiger partial charge on any atom is -0.321 e. The minimum absolute atomic E-state index is 0.0360. The lowest BCUT2D eigenvalue weighted by Gasteiger charge is -2.17. The van der Waals surface area contributed by atoms with Gasteiger partial charge in [-0.2, -0.15) is 0 Å². The van der Waals surface area contributed by atoms with Gasteiger partial charge in [0, 0.05) is 25.0 Å². The third-order valence-corrected chi connectivity index (χ3v) is 4.46. The summed E-state index contributed by atoms with van der Waals surface area (Å²) < 4.78 is 4.09. The van der Waals surface area contributed by atoms with Gasteiger partial charge in [-0.25, -0.2) is 4.98 Å². The van der Waals surface area contributed by atoms with Crippen molar-refractivity contribution in [3.05, 3.63) is 79.1 Å². The Kier molecular flexibility index (Phi) is 3.90. The first kappa shape index (κ1) is 15.3. The van der Waals surface area contributed by atoms with Crippen molar-refractivity contribution < 1.29 is 0 Å². The lowest BCUT2D eigenvalue weighted by atomic mass is 9.99. The van der Waals surface area contributed by atoms with E-state index in [0.717, 1.165) is 17.2 Å². The van der Waals surface area contributed by atoms with Gasteiger partial charge in [0.15, 0.2) is 5.82 Å². The molecule has 0 aliphatic heterocycles. The van der Waals surface area contributed by atoms with Crippen LogP contribution in [0.3, 0.4) is 0 Å². The number of hydrogen-bond donors (Lipinski definition) is 0. The Morgan fingerprint density at radius 2 is 1.64 bits per heavy atom. The van der Waals surface area contributed by atoms with E-state index in [4.69, 9.17) is 0 Å². The fraction of sp³-hybridized carbons (Fsp3) is 0.150. The molecule has 0 radical (unpaired) electrons. The Bertz CT molecular complexity index is 984. The van der Waals surface area contributed by atoms with Crippen molar-refractivity contribution in [1.82, 2.24) is 24.3 Å². The molecule has 0 N–H and O–H groups in total. The highest BCUT2D eigenvalue weighted by molar-refractivity contribution is 5.80. The summed E-state index contributed by atoms with van der Waals surface area (Å²) in [5.74, 6) is 1.83. The molecule has 2 aromatic heterocycles. The monoisotopic (exact) mass is 329 g/mol. The summed E-state index contributed by atoms with van der Waals surface area (Å²) in [6.07, 6.45) is 5.56. The first-order valence-corrected chi connectivity index (χ1v) is 8.27. The predicted octanol–water partition coefficient (Wildman–Crippen LogP) is 3.95. The van der Waals surface area contributed by atoms with Gasteiger partial charge in [0.2, 0.25) is 0 Å². The van der Waals surface area contributed by atoms with E-state index < -0.39 is 0 Å². The van der Waals surface area contributed by atoms with E-state index in [-0.39, 0.29) is 6.04 Å². The number of rotatable bonds is 4. The van der Waals surface area contributed by atoms with Crippen LogP contribution in [0.2, 0.25) is 0 Å². The normalized spacial score (nSPS) is 12.2. The van der Waals surface area contributed by atoms with E-state index in [1.54, 1.807) is 6.33 Å². The number of imidazole rings is 1. The van der Waals surface area contributed by atoms with Gasteiger partial charge in [0.1, 0.15) is 12.2 Å². The Morgan fingerprint density at radius 1 is 0.920 bits per heavy atom. The molecular weight excluding hydrogens is 310 g/mol. The van der Waals surface area contributed by atoms with Crippen molar-refractivity contribution in [2.75, 3.05) is 0 Å². The molecule has 0 amide bonds. The quantitative estimate of drug-likeness (QED) is 0.569. The molecular formula is C20H19N5. The van der Waals surface area contributed by atoms with E-state index in [1.165, 1.54) is 11.1 Å². The molecule has 1 atom stereocenters. The van der Waals surface area contributed by atoms with Crippen LogP contribution >= 0.6 is 0 Å². The van der Waals surface area contributed by atoms with Crippen LogP contribution in [0.1, 0.15) is 18.8 Å². The highest BCUT2D eigenvalue weighted by Crippen LogP contribution is 2.32. The molecule has 4 aromatic rings. The lowest BCUT2D eigenvalue weighted by molar-refractivity contribution is 0.579. The van der Waals surface area contributed by atoms with E-state index in [0.29, 0.717) is 0 Å². The molecule has 0 saturated heterocycles. The van der Waals surface area contributed by atoms with Gasteiger partial charge in [-0.1, -0.05) is 54.6 Å². The first-order chi connectivity index (χ1) is 12.3. The second kappa shape index (κ2) is 6.36. The smallest absolute Gasteiger partial charge is 0.155 e. The summed E-state index contributed by atoms with van der Waals surface area (Å²) >= 11 is 0. The van der Waals surface area contributed by atoms with E-state index >= 15 is 0 Å². The summed E-state index contributed by atoms with van der Waals surface area (Å²) in [5, 5.41) is 8.25. The van der Waals surface area contributed by atoms with Crippen LogP contribution in [0.4, 0.5) is 0 Å². The maximum absolute atomic E-state index is 4.64. The molecule has 2 aromatic carbocycles. The zero-order valence-electron chi connectivity index (χ0n) is 14.2. The Hall–Kier alpha value is -3.21. The summed E-state index contributed by atoms with van der Waals surface area (Å²) in [7, 11) is 1.96. The first-order valence-electron chi connectivity index (χ1n) is 8.27. The van der Waals surface area contributed by atoms with Crippen molar-refractivity contribution in [1.29, 1.82) is 0 Å². The largest absolute Gasteiger partial charge is 0.321 e. The molecule has 0 bridgehead atoms. The lowest BCUT2D eigenvalue weighted by Crippen LogP contribution is -2.12. The molecule has 0 saturated carbocycles. The molecule has 5 heteroatoms. The number of benzene rings is 2. The van der Waals surface area contributed by atoms with Crippen LogP contribution in [0.5, 0.6) is 0 Å². The summed E-state index contributed by atoms with van der Waals surface area (Å²) in [5.41, 5.74) is 3.45. The fourth-order valence-electron chi connectivity index (χ4n) is 3.18. The van der Waals surface area contributed by atoms with Crippen molar-refractivity contribution in [3.8, 4) is 22.5 Å². The average Bonchev–Trinajstić information content (AvgIpc) is 3.31. The Balaban J connectivity index is 1.83. The molecule has 4 rings (SSSR count). The Labute approximate surface area is 146 Å². The summed E-state index contributed by atoms with van der Waals surface area (Å²) in [6, 6.07) is 18.8. The molecule has 0 spiro atoms. The van der Waals surface area contributed by atoms with Crippen LogP contribution in [-0.4, -0.2) is 24.3 Å². The second-order valence-electron chi connectivity index (χ2n) is 6.05. The van der Waals surface area contributed by atoms with Crippen LogP contribution in [0, 0.1) is 0 Å². The topological polar surface area (TPSA) is 48.5 Å². The number of nitrogens with zero attached hydrogens (tertiary/aromatic N) is 5. The molecule has 0 aliphatic rings. The number of aryl methyl sites for hydroxylation is 1. The zero-order valence-corrected chi connectivity index (χ0v) is 14.2. The molecule has 124 valence electrons. The standard InChI is InChI=1S/C20H19N5/c1-15(19-23-22-14-24(19)2)25-13-12-21-20(25)18-11-7-6-10-17(18)16-8-4-3-5-9-16/h3-15H,1-2H3. The summed E-state index contributed by atoms with van der Waals surface area (Å²) in [6.45, 7) is 2.11. The van der Waals surface area contributed by atoms with Crippen LogP contribution < -0.4 is 0 Å². The van der Waals surface area contributed by atoms with Crippen LogP contribution in [0.15, 0.2) is 73.3 Å². The molecule has 0 aliphatic carbocycles. The molecule has 1 unspecified atom stereocenters. The van der Waals surface area contributed by atoms with Crippen molar-refractivity contribution in [2.45, 2.75) is 13.0 Å². The number of aromatic nitrogens is 5. The van der Waals surface area contributed by atoms with Gasteiger partial charge in [0.25, 0.3) is 0 Å². The predicted molar refractivity (Wildman–Crippen MR) is 97.9 cm³/mol. The van der Waals surface area contributed by atoms with Gasteiger partial charge in [-0.15, -0.1) is 10.2 Å². The maximum atomic E-state index is 4.64. The van der Waals surface area contributed by atoms with Crippen molar-refractivity contribution >= 4 is 0 Å². The molecule has 0 fully saturated rings. The third kappa shape index (κ3) is 2.74. The summed E-state index contributed by atoms with van der Waals surface area (Å²) in [4.78, 5) is 4.64. The van der Waals surface area contributed by atoms with Crippen LogP contribution in [-0.2, 0) is 7.05 Å². The van der Waals surface area contributed by atoms with Gasteiger partial charge in [0.05, 0.1) is 6.04 Å². The number of hydrogen-bond acceptors (Lipinski definition) is 3. The SMILES string of the molecule is CC(c1nncn1C)n1ccnc1-c1ccccc1-c1ccccc1. The fourth-order valence-corrected chi connectivity index (χ4v) is 3.18. The van der Waals surface area contributed by atoms with Gasteiger partial charge in [-0.05, 0) is 18.1 Å².